The molecular formula is C18H19FN4S2. The van der Waals surface area contributed by atoms with Gasteiger partial charge < -0.3 is 4.57 Å². The zero-order valence-corrected chi connectivity index (χ0v) is 15.6. The lowest BCUT2D eigenvalue weighted by Gasteiger charge is -2.23. The van der Waals surface area contributed by atoms with Gasteiger partial charge in [-0.15, -0.1) is 11.3 Å². The summed E-state index contributed by atoms with van der Waals surface area (Å²) in [6, 6.07) is 11.1. The first-order valence-electron chi connectivity index (χ1n) is 8.31. The molecule has 1 atom stereocenters. The molecule has 7 heteroatoms. The maximum atomic E-state index is 13.2. The van der Waals surface area contributed by atoms with Gasteiger partial charge in [0.25, 0.3) is 0 Å². The van der Waals surface area contributed by atoms with Crippen molar-refractivity contribution < 1.29 is 4.39 Å². The quantitative estimate of drug-likeness (QED) is 0.624. The van der Waals surface area contributed by atoms with Crippen molar-refractivity contribution in [2.75, 3.05) is 6.54 Å². The first kappa shape index (κ1) is 16.6. The summed E-state index contributed by atoms with van der Waals surface area (Å²) in [4.78, 5) is 3.84. The van der Waals surface area contributed by atoms with Crippen molar-refractivity contribution in [3.8, 4) is 11.4 Å². The Morgan fingerprint density at radius 3 is 2.80 bits per heavy atom. The van der Waals surface area contributed by atoms with E-state index in [-0.39, 0.29) is 5.82 Å². The van der Waals surface area contributed by atoms with Crippen LogP contribution in [0.2, 0.25) is 0 Å². The van der Waals surface area contributed by atoms with Crippen LogP contribution in [-0.2, 0) is 13.7 Å². The van der Waals surface area contributed by atoms with E-state index in [2.05, 4.69) is 22.4 Å². The molecule has 0 saturated carbocycles. The summed E-state index contributed by atoms with van der Waals surface area (Å²) in [5, 5.41) is 6.83. The van der Waals surface area contributed by atoms with Crippen molar-refractivity contribution in [1.82, 2.24) is 19.2 Å². The number of hydrogen-bond acceptors (Lipinski definition) is 4. The molecule has 1 fully saturated rings. The van der Waals surface area contributed by atoms with Crippen molar-refractivity contribution in [2.24, 2.45) is 7.05 Å². The van der Waals surface area contributed by atoms with Crippen LogP contribution in [0.15, 0.2) is 41.8 Å². The molecule has 0 amide bonds. The Morgan fingerprint density at radius 2 is 2.08 bits per heavy atom. The number of thiophene rings is 1. The van der Waals surface area contributed by atoms with Crippen LogP contribution >= 0.6 is 23.6 Å². The average molecular weight is 375 g/mol. The second-order valence-corrected chi connectivity index (χ2v) is 7.64. The Kier molecular flexibility index (Phi) is 4.54. The standard InChI is InChI=1S/C18H19FN4S2/c1-21-17(13-6-8-14(19)9-7-13)20-23(18(21)24)12-22-10-2-4-15(22)16-5-3-11-25-16/h3,5-9,11,15H,2,4,10,12H2,1H3. The summed E-state index contributed by atoms with van der Waals surface area (Å²) in [6.45, 7) is 1.73. The number of hydrogen-bond donors (Lipinski definition) is 0. The zero-order chi connectivity index (χ0) is 17.4. The Balaban J connectivity index is 1.62. The molecular weight excluding hydrogens is 355 g/mol. The van der Waals surface area contributed by atoms with Crippen LogP contribution in [0.5, 0.6) is 0 Å². The van der Waals surface area contributed by atoms with E-state index >= 15 is 0 Å². The first-order chi connectivity index (χ1) is 12.1. The predicted molar refractivity (Wildman–Crippen MR) is 100 cm³/mol. The van der Waals surface area contributed by atoms with E-state index in [9.17, 15) is 4.39 Å². The molecule has 0 N–H and O–H groups in total. The Labute approximate surface area is 155 Å². The Bertz CT molecular complexity index is 912. The van der Waals surface area contributed by atoms with Crippen LogP contribution in [0.25, 0.3) is 11.4 Å². The third-order valence-corrected chi connectivity index (χ3v) is 6.15. The van der Waals surface area contributed by atoms with E-state index < -0.39 is 0 Å². The van der Waals surface area contributed by atoms with Crippen LogP contribution in [0.3, 0.4) is 0 Å². The second-order valence-electron chi connectivity index (χ2n) is 6.30. The van der Waals surface area contributed by atoms with Gasteiger partial charge in [0.15, 0.2) is 10.6 Å². The lowest BCUT2D eigenvalue weighted by atomic mass is 10.2. The fraction of sp³-hybridized carbons (Fsp3) is 0.333. The van der Waals surface area contributed by atoms with Gasteiger partial charge in [0.1, 0.15) is 5.82 Å². The largest absolute Gasteiger partial charge is 0.303 e. The molecule has 3 heterocycles. The van der Waals surface area contributed by atoms with Gasteiger partial charge in [0, 0.05) is 30.1 Å². The highest BCUT2D eigenvalue weighted by Crippen LogP contribution is 2.34. The van der Waals surface area contributed by atoms with Gasteiger partial charge in [0.2, 0.25) is 0 Å². The van der Waals surface area contributed by atoms with Crippen LogP contribution in [0.1, 0.15) is 23.8 Å². The smallest absolute Gasteiger partial charge is 0.199 e. The highest BCUT2D eigenvalue weighted by Gasteiger charge is 2.27. The van der Waals surface area contributed by atoms with Gasteiger partial charge in [-0.2, -0.15) is 5.10 Å². The third-order valence-electron chi connectivity index (χ3n) is 4.69. The summed E-state index contributed by atoms with van der Waals surface area (Å²) in [5.74, 6) is 0.511. The number of rotatable bonds is 4. The molecule has 25 heavy (non-hydrogen) atoms. The highest BCUT2D eigenvalue weighted by atomic mass is 32.1. The molecule has 0 radical (unpaired) electrons. The molecule has 4 rings (SSSR count). The highest BCUT2D eigenvalue weighted by molar-refractivity contribution is 7.71. The second kappa shape index (κ2) is 6.82. The van der Waals surface area contributed by atoms with Crippen molar-refractivity contribution in [1.29, 1.82) is 0 Å². The van der Waals surface area contributed by atoms with E-state index in [1.54, 1.807) is 12.1 Å². The van der Waals surface area contributed by atoms with Gasteiger partial charge in [0.05, 0.1) is 6.67 Å². The molecule has 2 aromatic heterocycles. The minimum Gasteiger partial charge on any atom is -0.303 e. The number of benzene rings is 1. The number of halogens is 1. The molecule has 1 saturated heterocycles. The van der Waals surface area contributed by atoms with Crippen molar-refractivity contribution in [2.45, 2.75) is 25.6 Å². The van der Waals surface area contributed by atoms with Crippen LogP contribution < -0.4 is 0 Å². The Hall–Kier alpha value is -1.83. The predicted octanol–water partition coefficient (Wildman–Crippen LogP) is 4.61. The average Bonchev–Trinajstić information content (AvgIpc) is 3.33. The summed E-state index contributed by atoms with van der Waals surface area (Å²) < 4.78 is 17.6. The maximum Gasteiger partial charge on any atom is 0.199 e. The van der Waals surface area contributed by atoms with Gasteiger partial charge >= 0.3 is 0 Å². The number of aromatic nitrogens is 3. The Morgan fingerprint density at radius 1 is 1.28 bits per heavy atom. The first-order valence-corrected chi connectivity index (χ1v) is 9.59. The number of nitrogens with zero attached hydrogens (tertiary/aromatic N) is 4. The lowest BCUT2D eigenvalue weighted by molar-refractivity contribution is 0.192. The summed E-state index contributed by atoms with van der Waals surface area (Å²) in [7, 11) is 1.91. The normalized spacial score (nSPS) is 18.1. The minimum atomic E-state index is -0.250. The summed E-state index contributed by atoms with van der Waals surface area (Å²) >= 11 is 7.39. The summed E-state index contributed by atoms with van der Waals surface area (Å²) in [6.07, 6.45) is 2.36. The molecule has 130 valence electrons. The maximum absolute atomic E-state index is 13.2. The van der Waals surface area contributed by atoms with E-state index in [1.165, 1.54) is 29.9 Å². The molecule has 0 spiro atoms. The summed E-state index contributed by atoms with van der Waals surface area (Å²) in [5.41, 5.74) is 0.866. The van der Waals surface area contributed by atoms with Crippen molar-refractivity contribution in [3.05, 3.63) is 57.2 Å². The fourth-order valence-electron chi connectivity index (χ4n) is 3.40. The monoisotopic (exact) mass is 374 g/mol. The number of likely N-dealkylation sites (tertiary alicyclic amines) is 1. The fourth-order valence-corrected chi connectivity index (χ4v) is 4.48. The van der Waals surface area contributed by atoms with E-state index in [4.69, 9.17) is 17.3 Å². The lowest BCUT2D eigenvalue weighted by Crippen LogP contribution is -2.26. The molecule has 4 nitrogen and oxygen atoms in total. The van der Waals surface area contributed by atoms with E-state index in [0.717, 1.165) is 17.9 Å². The minimum absolute atomic E-state index is 0.250. The molecule has 3 aromatic rings. The van der Waals surface area contributed by atoms with Crippen LogP contribution in [0, 0.1) is 10.6 Å². The zero-order valence-electron chi connectivity index (χ0n) is 13.9. The van der Waals surface area contributed by atoms with Gasteiger partial charge in [-0.05, 0) is 60.8 Å². The molecule has 1 aromatic carbocycles. The molecule has 1 aliphatic rings. The van der Waals surface area contributed by atoms with E-state index in [1.807, 2.05) is 27.6 Å². The third kappa shape index (κ3) is 3.19. The topological polar surface area (TPSA) is 26.0 Å². The van der Waals surface area contributed by atoms with Crippen molar-refractivity contribution >= 4 is 23.6 Å². The van der Waals surface area contributed by atoms with Gasteiger partial charge in [-0.3, -0.25) is 4.90 Å². The van der Waals surface area contributed by atoms with Crippen LogP contribution in [0.4, 0.5) is 4.39 Å². The van der Waals surface area contributed by atoms with Crippen molar-refractivity contribution in [3.63, 3.8) is 0 Å². The van der Waals surface area contributed by atoms with Crippen LogP contribution in [-0.4, -0.2) is 25.8 Å². The molecule has 0 bridgehead atoms. The molecule has 1 aliphatic heterocycles. The SMILES string of the molecule is Cn1c(-c2ccc(F)cc2)nn(CN2CCCC2c2cccs2)c1=S. The molecule has 0 aliphatic carbocycles. The van der Waals surface area contributed by atoms with E-state index in [0.29, 0.717) is 17.5 Å². The molecule has 1 unspecified atom stereocenters. The van der Waals surface area contributed by atoms with Gasteiger partial charge in [-0.25, -0.2) is 9.07 Å². The van der Waals surface area contributed by atoms with Gasteiger partial charge in [-0.1, -0.05) is 6.07 Å².